The van der Waals surface area contributed by atoms with Gasteiger partial charge in [-0.05, 0) is 24.3 Å². The van der Waals surface area contributed by atoms with E-state index < -0.39 is 5.60 Å². The van der Waals surface area contributed by atoms with E-state index in [9.17, 15) is 9.59 Å². The van der Waals surface area contributed by atoms with Gasteiger partial charge in [0.05, 0.1) is 24.0 Å². The Balaban J connectivity index is 1.34. The van der Waals surface area contributed by atoms with Crippen LogP contribution in [0.25, 0.3) is 11.0 Å². The second kappa shape index (κ2) is 5.90. The number of carbonyl (C=O) groups excluding carboxylic acids is 2. The van der Waals surface area contributed by atoms with E-state index in [-0.39, 0.29) is 18.2 Å². The van der Waals surface area contributed by atoms with Crippen molar-refractivity contribution in [3.05, 3.63) is 54.1 Å². The highest BCUT2D eigenvalue weighted by molar-refractivity contribution is 6.00. The molecule has 0 aliphatic carbocycles. The zero-order valence-electron chi connectivity index (χ0n) is 14.7. The smallest absolute Gasteiger partial charge is 0.244 e. The van der Waals surface area contributed by atoms with Crippen molar-refractivity contribution >= 4 is 22.7 Å². The third-order valence-corrected chi connectivity index (χ3v) is 5.37. The summed E-state index contributed by atoms with van der Waals surface area (Å²) in [7, 11) is 0. The Hall–Kier alpha value is -3.22. The monoisotopic (exact) mass is 362 g/mol. The van der Waals surface area contributed by atoms with Crippen LogP contribution in [-0.2, 0) is 11.3 Å². The molecule has 3 heterocycles. The minimum Gasteiger partial charge on any atom is -0.484 e. The molecule has 3 aromatic rings. The van der Waals surface area contributed by atoms with Gasteiger partial charge in [-0.25, -0.2) is 4.68 Å². The first kappa shape index (κ1) is 16.0. The van der Waals surface area contributed by atoms with E-state index in [1.807, 2.05) is 42.5 Å². The maximum absolute atomic E-state index is 12.8. The number of hydrogen-bond donors (Lipinski definition) is 0. The normalized spacial score (nSPS) is 21.5. The van der Waals surface area contributed by atoms with Crippen molar-refractivity contribution in [3.8, 4) is 5.75 Å². The maximum atomic E-state index is 12.8. The molecule has 2 aliphatic heterocycles. The molecule has 0 saturated carbocycles. The van der Waals surface area contributed by atoms with Crippen LogP contribution in [0.5, 0.6) is 5.75 Å². The minimum absolute atomic E-state index is 0.0440. The average Bonchev–Trinajstić information content (AvgIpc) is 3.27. The highest BCUT2D eigenvalue weighted by atomic mass is 16.5. The van der Waals surface area contributed by atoms with E-state index in [4.69, 9.17) is 4.74 Å². The molecule has 7 heteroatoms. The van der Waals surface area contributed by atoms with Crippen LogP contribution >= 0.6 is 0 Å². The molecule has 1 unspecified atom stereocenters. The molecule has 1 aromatic heterocycles. The molecule has 5 rings (SSSR count). The number of benzene rings is 2. The van der Waals surface area contributed by atoms with E-state index in [2.05, 4.69) is 10.3 Å². The number of ketones is 1. The Morgan fingerprint density at radius 3 is 2.89 bits per heavy atom. The molecular formula is C20H18N4O3. The van der Waals surface area contributed by atoms with Crippen molar-refractivity contribution in [2.24, 2.45) is 0 Å². The van der Waals surface area contributed by atoms with Crippen LogP contribution in [0.4, 0.5) is 0 Å². The van der Waals surface area contributed by atoms with Gasteiger partial charge in [0.15, 0.2) is 5.78 Å². The number of fused-ring (bicyclic) bond motifs is 2. The number of Topliss-reactive ketones (excluding diaryl/α,β-unsaturated/α-hetero) is 1. The van der Waals surface area contributed by atoms with Gasteiger partial charge >= 0.3 is 0 Å². The first-order chi connectivity index (χ1) is 13.1. The van der Waals surface area contributed by atoms with Crippen LogP contribution in [0, 0.1) is 0 Å². The molecule has 0 bridgehead atoms. The molecule has 0 radical (unpaired) electrons. The van der Waals surface area contributed by atoms with Crippen LogP contribution in [-0.4, -0.2) is 50.3 Å². The number of rotatable bonds is 2. The predicted octanol–water partition coefficient (Wildman–Crippen LogP) is 2.07. The predicted molar refractivity (Wildman–Crippen MR) is 97.5 cm³/mol. The number of likely N-dealkylation sites (tertiary alicyclic amines) is 1. The molecule has 1 amide bonds. The molecule has 1 spiro atoms. The number of hydrogen-bond acceptors (Lipinski definition) is 5. The Kier molecular flexibility index (Phi) is 3.50. The molecule has 1 atom stereocenters. The molecule has 2 aromatic carbocycles. The summed E-state index contributed by atoms with van der Waals surface area (Å²) in [5.41, 5.74) is 1.60. The van der Waals surface area contributed by atoms with Gasteiger partial charge in [-0.15, -0.1) is 5.10 Å². The summed E-state index contributed by atoms with van der Waals surface area (Å²) >= 11 is 0. The van der Waals surface area contributed by atoms with Gasteiger partial charge in [0.2, 0.25) is 5.91 Å². The van der Waals surface area contributed by atoms with Crippen molar-refractivity contribution < 1.29 is 14.3 Å². The fraction of sp³-hybridized carbons (Fsp3) is 0.300. The van der Waals surface area contributed by atoms with Gasteiger partial charge in [-0.3, -0.25) is 9.59 Å². The molecule has 2 aliphatic rings. The van der Waals surface area contributed by atoms with Gasteiger partial charge in [0.1, 0.15) is 23.4 Å². The number of aromatic nitrogens is 3. The van der Waals surface area contributed by atoms with Crippen LogP contribution in [0.15, 0.2) is 48.5 Å². The number of ether oxygens (including phenoxy) is 1. The Morgan fingerprint density at radius 1 is 1.15 bits per heavy atom. The molecule has 7 nitrogen and oxygen atoms in total. The van der Waals surface area contributed by atoms with Crippen LogP contribution in [0.2, 0.25) is 0 Å². The Bertz CT molecular complexity index is 1060. The van der Waals surface area contributed by atoms with Gasteiger partial charge in [-0.2, -0.15) is 0 Å². The quantitative estimate of drug-likeness (QED) is 0.697. The SMILES string of the molecule is O=C1CC2(CCN(C(=O)Cn3nnc4ccccc43)C2)Oc2ccccc21. The van der Waals surface area contributed by atoms with Crippen LogP contribution in [0.1, 0.15) is 23.2 Å². The van der Waals surface area contributed by atoms with Crippen molar-refractivity contribution in [3.63, 3.8) is 0 Å². The summed E-state index contributed by atoms with van der Waals surface area (Å²) in [4.78, 5) is 27.1. The lowest BCUT2D eigenvalue weighted by atomic mass is 9.89. The lowest BCUT2D eigenvalue weighted by molar-refractivity contribution is -0.131. The topological polar surface area (TPSA) is 77.3 Å². The molecule has 0 N–H and O–H groups in total. The summed E-state index contributed by atoms with van der Waals surface area (Å²) < 4.78 is 7.80. The molecular weight excluding hydrogens is 344 g/mol. The van der Waals surface area contributed by atoms with E-state index in [0.717, 1.165) is 11.0 Å². The summed E-state index contributed by atoms with van der Waals surface area (Å²) in [6.07, 6.45) is 0.955. The number of nitrogens with zero attached hydrogens (tertiary/aromatic N) is 4. The fourth-order valence-corrected chi connectivity index (χ4v) is 3.99. The average molecular weight is 362 g/mol. The lowest BCUT2D eigenvalue weighted by Gasteiger charge is -2.34. The summed E-state index contributed by atoms with van der Waals surface area (Å²) in [6, 6.07) is 14.9. The maximum Gasteiger partial charge on any atom is 0.244 e. The van der Waals surface area contributed by atoms with Crippen molar-refractivity contribution in [2.75, 3.05) is 13.1 Å². The lowest BCUT2D eigenvalue weighted by Crippen LogP contribution is -2.45. The second-order valence-corrected chi connectivity index (χ2v) is 7.18. The van der Waals surface area contributed by atoms with Gasteiger partial charge in [0.25, 0.3) is 0 Å². The largest absolute Gasteiger partial charge is 0.484 e. The second-order valence-electron chi connectivity index (χ2n) is 7.18. The standard InChI is InChI=1S/C20H18N4O3/c25-17-11-20(27-18-8-4-1-5-14(17)18)9-10-23(13-20)19(26)12-24-16-7-3-2-6-15(16)21-22-24/h1-8H,9-13H2. The van der Waals surface area contributed by atoms with E-state index in [0.29, 0.717) is 37.2 Å². The number of amides is 1. The van der Waals surface area contributed by atoms with E-state index in [1.165, 1.54) is 0 Å². The summed E-state index contributed by atoms with van der Waals surface area (Å²) in [5, 5.41) is 8.18. The zero-order valence-corrected chi connectivity index (χ0v) is 14.7. The third-order valence-electron chi connectivity index (χ3n) is 5.37. The van der Waals surface area contributed by atoms with Gasteiger partial charge < -0.3 is 9.64 Å². The Labute approximate surface area is 155 Å². The summed E-state index contributed by atoms with van der Waals surface area (Å²) in [5.74, 6) is 0.649. The van der Waals surface area contributed by atoms with Crippen LogP contribution in [0.3, 0.4) is 0 Å². The van der Waals surface area contributed by atoms with Crippen molar-refractivity contribution in [1.82, 2.24) is 19.9 Å². The van der Waals surface area contributed by atoms with Gasteiger partial charge in [0, 0.05) is 13.0 Å². The zero-order chi connectivity index (χ0) is 18.4. The highest BCUT2D eigenvalue weighted by Crippen LogP contribution is 2.38. The van der Waals surface area contributed by atoms with Crippen molar-refractivity contribution in [1.29, 1.82) is 0 Å². The third kappa shape index (κ3) is 2.66. The van der Waals surface area contributed by atoms with E-state index >= 15 is 0 Å². The minimum atomic E-state index is -0.620. The highest BCUT2D eigenvalue weighted by Gasteiger charge is 2.46. The van der Waals surface area contributed by atoms with E-state index in [1.54, 1.807) is 15.6 Å². The summed E-state index contributed by atoms with van der Waals surface area (Å²) in [6.45, 7) is 1.11. The fourth-order valence-electron chi connectivity index (χ4n) is 3.99. The number of carbonyl (C=O) groups is 2. The Morgan fingerprint density at radius 2 is 1.96 bits per heavy atom. The molecule has 1 fully saturated rings. The van der Waals surface area contributed by atoms with Gasteiger partial charge in [-0.1, -0.05) is 29.5 Å². The first-order valence-corrected chi connectivity index (χ1v) is 9.01. The molecule has 1 saturated heterocycles. The van der Waals surface area contributed by atoms with Crippen molar-refractivity contribution in [2.45, 2.75) is 25.0 Å². The molecule has 27 heavy (non-hydrogen) atoms. The number of para-hydroxylation sites is 2. The molecule has 136 valence electrons. The first-order valence-electron chi connectivity index (χ1n) is 9.01. The van der Waals surface area contributed by atoms with Crippen LogP contribution < -0.4 is 4.74 Å².